The first-order valence-electron chi connectivity index (χ1n) is 6.88. The van der Waals surface area contributed by atoms with Crippen LogP contribution in [0.5, 0.6) is 0 Å². The van der Waals surface area contributed by atoms with Crippen LogP contribution in [0.1, 0.15) is 25.3 Å². The van der Waals surface area contributed by atoms with Crippen LogP contribution in [0.4, 0.5) is 0 Å². The summed E-state index contributed by atoms with van der Waals surface area (Å²) in [6.07, 6.45) is 0. The monoisotopic (exact) mass is 261 g/mol. The molecule has 0 bridgehead atoms. The zero-order valence-corrected chi connectivity index (χ0v) is 11.7. The topological polar surface area (TPSA) is 58.4 Å². The fraction of sp³-hybridized carbons (Fsp3) is 0.533. The molecule has 1 aliphatic rings. The SMILES string of the molecule is CC(C)NC(=O)CN1C[C@@H](N)[C@H](c2ccccc2)C1. The lowest BCUT2D eigenvalue weighted by molar-refractivity contribution is -0.122. The Bertz CT molecular complexity index is 419. The summed E-state index contributed by atoms with van der Waals surface area (Å²) in [6, 6.07) is 10.6. The summed E-state index contributed by atoms with van der Waals surface area (Å²) < 4.78 is 0. The summed E-state index contributed by atoms with van der Waals surface area (Å²) in [7, 11) is 0. The molecule has 19 heavy (non-hydrogen) atoms. The van der Waals surface area contributed by atoms with Gasteiger partial charge in [0.1, 0.15) is 0 Å². The van der Waals surface area contributed by atoms with Gasteiger partial charge in [0.05, 0.1) is 6.54 Å². The highest BCUT2D eigenvalue weighted by Gasteiger charge is 2.31. The lowest BCUT2D eigenvalue weighted by Gasteiger charge is -2.16. The van der Waals surface area contributed by atoms with Crippen LogP contribution in [-0.2, 0) is 4.79 Å². The number of rotatable bonds is 4. The molecule has 104 valence electrons. The van der Waals surface area contributed by atoms with Crippen molar-refractivity contribution in [3.05, 3.63) is 35.9 Å². The maximum atomic E-state index is 11.8. The largest absolute Gasteiger partial charge is 0.353 e. The third-order valence-electron chi connectivity index (χ3n) is 3.49. The summed E-state index contributed by atoms with van der Waals surface area (Å²) in [6.45, 7) is 6.03. The predicted molar refractivity (Wildman–Crippen MR) is 76.9 cm³/mol. The molecule has 4 nitrogen and oxygen atoms in total. The number of hydrogen-bond acceptors (Lipinski definition) is 3. The van der Waals surface area contributed by atoms with Crippen LogP contribution in [0.2, 0.25) is 0 Å². The fourth-order valence-corrected chi connectivity index (χ4v) is 2.67. The van der Waals surface area contributed by atoms with Crippen molar-refractivity contribution in [2.24, 2.45) is 5.73 Å². The molecular weight excluding hydrogens is 238 g/mol. The number of carbonyl (C=O) groups excluding carboxylic acids is 1. The van der Waals surface area contributed by atoms with Gasteiger partial charge in [-0.3, -0.25) is 9.69 Å². The Morgan fingerprint density at radius 2 is 2.05 bits per heavy atom. The first kappa shape index (κ1) is 14.0. The highest BCUT2D eigenvalue weighted by atomic mass is 16.2. The van der Waals surface area contributed by atoms with E-state index in [1.807, 2.05) is 32.0 Å². The number of amides is 1. The molecule has 1 aliphatic heterocycles. The van der Waals surface area contributed by atoms with E-state index in [1.54, 1.807) is 0 Å². The minimum Gasteiger partial charge on any atom is -0.353 e. The molecule has 0 saturated carbocycles. The van der Waals surface area contributed by atoms with E-state index < -0.39 is 0 Å². The zero-order chi connectivity index (χ0) is 13.8. The van der Waals surface area contributed by atoms with E-state index in [-0.39, 0.29) is 18.0 Å². The van der Waals surface area contributed by atoms with Gasteiger partial charge in [0.25, 0.3) is 0 Å². The van der Waals surface area contributed by atoms with Gasteiger partial charge < -0.3 is 11.1 Å². The highest BCUT2D eigenvalue weighted by Crippen LogP contribution is 2.25. The second-order valence-corrected chi connectivity index (χ2v) is 5.60. The number of nitrogens with zero attached hydrogens (tertiary/aromatic N) is 1. The smallest absolute Gasteiger partial charge is 0.234 e. The van der Waals surface area contributed by atoms with Gasteiger partial charge in [-0.15, -0.1) is 0 Å². The van der Waals surface area contributed by atoms with Crippen molar-refractivity contribution in [2.45, 2.75) is 31.8 Å². The molecule has 3 N–H and O–H groups in total. The van der Waals surface area contributed by atoms with Crippen LogP contribution in [0.3, 0.4) is 0 Å². The van der Waals surface area contributed by atoms with Crippen LogP contribution in [0, 0.1) is 0 Å². The molecule has 1 aromatic carbocycles. The highest BCUT2D eigenvalue weighted by molar-refractivity contribution is 5.78. The molecular formula is C15H23N3O. The van der Waals surface area contributed by atoms with E-state index >= 15 is 0 Å². The van der Waals surface area contributed by atoms with Gasteiger partial charge in [0.15, 0.2) is 0 Å². The number of likely N-dealkylation sites (tertiary alicyclic amines) is 1. The van der Waals surface area contributed by atoms with Crippen LogP contribution in [0.25, 0.3) is 0 Å². The lowest BCUT2D eigenvalue weighted by atomic mass is 9.95. The van der Waals surface area contributed by atoms with Crippen molar-refractivity contribution in [2.75, 3.05) is 19.6 Å². The van der Waals surface area contributed by atoms with Gasteiger partial charge in [-0.05, 0) is 19.4 Å². The van der Waals surface area contributed by atoms with Crippen LogP contribution in [-0.4, -0.2) is 42.5 Å². The van der Waals surface area contributed by atoms with E-state index in [9.17, 15) is 4.79 Å². The second kappa shape index (κ2) is 6.17. The molecule has 0 radical (unpaired) electrons. The normalized spacial score (nSPS) is 23.8. The maximum absolute atomic E-state index is 11.8. The summed E-state index contributed by atoms with van der Waals surface area (Å²) >= 11 is 0. The summed E-state index contributed by atoms with van der Waals surface area (Å²) in [5.41, 5.74) is 7.47. The van der Waals surface area contributed by atoms with E-state index in [0.29, 0.717) is 12.5 Å². The number of benzene rings is 1. The molecule has 1 saturated heterocycles. The molecule has 0 spiro atoms. The minimum atomic E-state index is 0.0795. The molecule has 0 unspecified atom stereocenters. The summed E-state index contributed by atoms with van der Waals surface area (Å²) in [5, 5.41) is 2.92. The van der Waals surface area contributed by atoms with Crippen molar-refractivity contribution in [1.29, 1.82) is 0 Å². The lowest BCUT2D eigenvalue weighted by Crippen LogP contribution is -2.40. The standard InChI is InChI=1S/C15H23N3O/c1-11(2)17-15(19)10-18-8-13(14(16)9-18)12-6-4-3-5-7-12/h3-7,11,13-14H,8-10,16H2,1-2H3,(H,17,19)/t13-,14+/m0/s1. The third kappa shape index (κ3) is 3.78. The molecule has 1 amide bonds. The molecule has 1 fully saturated rings. The zero-order valence-electron chi connectivity index (χ0n) is 11.7. The number of nitrogens with two attached hydrogens (primary N) is 1. The summed E-state index contributed by atoms with van der Waals surface area (Å²) in [4.78, 5) is 13.9. The number of carbonyl (C=O) groups is 1. The van der Waals surface area contributed by atoms with Crippen LogP contribution >= 0.6 is 0 Å². The third-order valence-corrected chi connectivity index (χ3v) is 3.49. The molecule has 1 aromatic rings. The molecule has 0 aliphatic carbocycles. The Balaban J connectivity index is 1.92. The molecule has 0 aromatic heterocycles. The van der Waals surface area contributed by atoms with Crippen molar-refractivity contribution in [3.8, 4) is 0 Å². The van der Waals surface area contributed by atoms with Crippen molar-refractivity contribution >= 4 is 5.91 Å². The summed E-state index contributed by atoms with van der Waals surface area (Å²) in [5.74, 6) is 0.406. The van der Waals surface area contributed by atoms with Crippen LogP contribution < -0.4 is 11.1 Å². The fourth-order valence-electron chi connectivity index (χ4n) is 2.67. The van der Waals surface area contributed by atoms with Gasteiger partial charge in [-0.25, -0.2) is 0 Å². The Kier molecular flexibility index (Phi) is 4.56. The predicted octanol–water partition coefficient (Wildman–Crippen LogP) is 0.938. The average molecular weight is 261 g/mol. The quantitative estimate of drug-likeness (QED) is 0.848. The Hall–Kier alpha value is -1.39. The Morgan fingerprint density at radius 1 is 1.37 bits per heavy atom. The molecule has 4 heteroatoms. The van der Waals surface area contributed by atoms with Gasteiger partial charge in [-0.2, -0.15) is 0 Å². The van der Waals surface area contributed by atoms with Crippen molar-refractivity contribution < 1.29 is 4.79 Å². The average Bonchev–Trinajstić information content (AvgIpc) is 2.70. The van der Waals surface area contributed by atoms with Crippen molar-refractivity contribution in [1.82, 2.24) is 10.2 Å². The van der Waals surface area contributed by atoms with E-state index in [4.69, 9.17) is 5.73 Å². The number of nitrogens with one attached hydrogen (secondary N) is 1. The van der Waals surface area contributed by atoms with E-state index in [0.717, 1.165) is 13.1 Å². The van der Waals surface area contributed by atoms with E-state index in [2.05, 4.69) is 22.3 Å². The second-order valence-electron chi connectivity index (χ2n) is 5.60. The number of hydrogen-bond donors (Lipinski definition) is 2. The van der Waals surface area contributed by atoms with Crippen molar-refractivity contribution in [3.63, 3.8) is 0 Å². The maximum Gasteiger partial charge on any atom is 0.234 e. The molecule has 2 atom stereocenters. The van der Waals surface area contributed by atoms with E-state index in [1.165, 1.54) is 5.56 Å². The molecule has 1 heterocycles. The van der Waals surface area contributed by atoms with Gasteiger partial charge in [0.2, 0.25) is 5.91 Å². The minimum absolute atomic E-state index is 0.0795. The molecule has 2 rings (SSSR count). The van der Waals surface area contributed by atoms with Gasteiger partial charge in [-0.1, -0.05) is 30.3 Å². The van der Waals surface area contributed by atoms with Gasteiger partial charge in [0, 0.05) is 31.1 Å². The Labute approximate surface area is 115 Å². The van der Waals surface area contributed by atoms with Crippen LogP contribution in [0.15, 0.2) is 30.3 Å². The van der Waals surface area contributed by atoms with Gasteiger partial charge >= 0.3 is 0 Å². The first-order valence-corrected chi connectivity index (χ1v) is 6.88. The first-order chi connectivity index (χ1) is 9.06. The Morgan fingerprint density at radius 3 is 2.68 bits per heavy atom.